The SMILES string of the molecule is O=C(NCc1nc(-c2cccc(Cl)c2)no1)C1CCN(S(=O)(=O)c2ccc(F)cc2)CC1. The molecule has 0 saturated carbocycles. The number of nitrogens with zero attached hydrogens (tertiary/aromatic N) is 3. The minimum atomic E-state index is -3.72. The molecule has 8 nitrogen and oxygen atoms in total. The zero-order valence-electron chi connectivity index (χ0n) is 16.9. The third kappa shape index (κ3) is 4.98. The molecule has 2 heterocycles. The summed E-state index contributed by atoms with van der Waals surface area (Å²) >= 11 is 5.97. The second-order valence-electron chi connectivity index (χ2n) is 7.37. The highest BCUT2D eigenvalue weighted by molar-refractivity contribution is 7.89. The van der Waals surface area contributed by atoms with E-state index in [-0.39, 0.29) is 42.2 Å². The molecule has 168 valence electrons. The first-order valence-corrected chi connectivity index (χ1v) is 11.8. The number of carbonyl (C=O) groups is 1. The molecule has 0 bridgehead atoms. The lowest BCUT2D eigenvalue weighted by Crippen LogP contribution is -2.42. The van der Waals surface area contributed by atoms with Gasteiger partial charge in [-0.1, -0.05) is 28.9 Å². The van der Waals surface area contributed by atoms with Crippen molar-refractivity contribution in [3.05, 3.63) is 65.3 Å². The largest absolute Gasteiger partial charge is 0.347 e. The summed E-state index contributed by atoms with van der Waals surface area (Å²) in [5.41, 5.74) is 0.702. The van der Waals surface area contributed by atoms with E-state index in [9.17, 15) is 17.6 Å². The topological polar surface area (TPSA) is 105 Å². The third-order valence-corrected chi connectivity index (χ3v) is 7.39. The number of sulfonamides is 1. The number of hydrogen-bond acceptors (Lipinski definition) is 6. The predicted octanol–water partition coefficient (Wildman–Crippen LogP) is 3.25. The number of rotatable bonds is 6. The maximum Gasteiger partial charge on any atom is 0.246 e. The highest BCUT2D eigenvalue weighted by atomic mass is 35.5. The van der Waals surface area contributed by atoms with E-state index in [1.165, 1.54) is 16.4 Å². The van der Waals surface area contributed by atoms with Crippen LogP contribution in [0.1, 0.15) is 18.7 Å². The van der Waals surface area contributed by atoms with Gasteiger partial charge in [-0.3, -0.25) is 4.79 Å². The van der Waals surface area contributed by atoms with Crippen LogP contribution in [0.2, 0.25) is 5.02 Å². The first kappa shape index (κ1) is 22.4. The van der Waals surface area contributed by atoms with Crippen LogP contribution in [0.3, 0.4) is 0 Å². The van der Waals surface area contributed by atoms with Crippen LogP contribution in [0.5, 0.6) is 0 Å². The fraction of sp³-hybridized carbons (Fsp3) is 0.286. The number of aromatic nitrogens is 2. The van der Waals surface area contributed by atoms with Gasteiger partial charge >= 0.3 is 0 Å². The number of hydrogen-bond donors (Lipinski definition) is 1. The molecule has 32 heavy (non-hydrogen) atoms. The van der Waals surface area contributed by atoms with Crippen molar-refractivity contribution < 1.29 is 22.1 Å². The van der Waals surface area contributed by atoms with E-state index in [1.807, 2.05) is 0 Å². The van der Waals surface area contributed by atoms with E-state index in [0.29, 0.717) is 29.3 Å². The molecule has 0 spiro atoms. The van der Waals surface area contributed by atoms with E-state index < -0.39 is 15.8 Å². The molecule has 3 aromatic rings. The van der Waals surface area contributed by atoms with Crippen LogP contribution >= 0.6 is 11.6 Å². The summed E-state index contributed by atoms with van der Waals surface area (Å²) in [5.74, 6) is -0.405. The van der Waals surface area contributed by atoms with Crippen LogP contribution < -0.4 is 5.32 Å². The summed E-state index contributed by atoms with van der Waals surface area (Å²) in [6, 6.07) is 11.7. The number of piperidine rings is 1. The average Bonchev–Trinajstić information content (AvgIpc) is 3.27. The summed E-state index contributed by atoms with van der Waals surface area (Å²) in [7, 11) is -3.72. The Labute approximate surface area is 189 Å². The van der Waals surface area contributed by atoms with Gasteiger partial charge in [0.15, 0.2) is 0 Å². The molecule has 1 fully saturated rings. The van der Waals surface area contributed by atoms with Gasteiger partial charge in [0.05, 0.1) is 11.4 Å². The van der Waals surface area contributed by atoms with E-state index in [2.05, 4.69) is 15.5 Å². The lowest BCUT2D eigenvalue weighted by molar-refractivity contribution is -0.126. The fourth-order valence-corrected chi connectivity index (χ4v) is 5.15. The molecule has 0 aliphatic carbocycles. The molecular formula is C21H20ClFN4O4S. The second kappa shape index (κ2) is 9.35. The number of carbonyl (C=O) groups excluding carboxylic acids is 1. The van der Waals surface area contributed by atoms with E-state index in [4.69, 9.17) is 16.1 Å². The predicted molar refractivity (Wildman–Crippen MR) is 114 cm³/mol. The molecule has 2 aromatic carbocycles. The first-order chi connectivity index (χ1) is 15.3. The summed E-state index contributed by atoms with van der Waals surface area (Å²) in [4.78, 5) is 16.8. The van der Waals surface area contributed by atoms with Crippen LogP contribution in [0, 0.1) is 11.7 Å². The summed E-state index contributed by atoms with van der Waals surface area (Å²) in [6.07, 6.45) is 0.758. The summed E-state index contributed by atoms with van der Waals surface area (Å²) < 4.78 is 45.0. The minimum absolute atomic E-state index is 0.0358. The van der Waals surface area contributed by atoms with Gasteiger partial charge in [-0.2, -0.15) is 9.29 Å². The Balaban J connectivity index is 1.30. The van der Waals surface area contributed by atoms with Gasteiger partial charge < -0.3 is 9.84 Å². The van der Waals surface area contributed by atoms with Crippen LogP contribution in [0.4, 0.5) is 4.39 Å². The highest BCUT2D eigenvalue weighted by Crippen LogP contribution is 2.24. The first-order valence-electron chi connectivity index (χ1n) is 9.95. The zero-order chi connectivity index (χ0) is 22.7. The Hall–Kier alpha value is -2.82. The van der Waals surface area contributed by atoms with Gasteiger partial charge in [0.25, 0.3) is 0 Å². The summed E-state index contributed by atoms with van der Waals surface area (Å²) in [5, 5.41) is 7.21. The van der Waals surface area contributed by atoms with Crippen molar-refractivity contribution >= 4 is 27.5 Å². The molecule has 1 saturated heterocycles. The molecular weight excluding hydrogens is 459 g/mol. The normalized spacial score (nSPS) is 15.6. The quantitative estimate of drug-likeness (QED) is 0.583. The van der Waals surface area contributed by atoms with Crippen molar-refractivity contribution in [3.63, 3.8) is 0 Å². The van der Waals surface area contributed by atoms with Gasteiger partial charge in [0, 0.05) is 29.6 Å². The lowest BCUT2D eigenvalue weighted by Gasteiger charge is -2.30. The van der Waals surface area contributed by atoms with Gasteiger partial charge in [-0.25, -0.2) is 12.8 Å². The molecule has 1 aliphatic heterocycles. The lowest BCUT2D eigenvalue weighted by atomic mass is 9.97. The van der Waals surface area contributed by atoms with Crippen LogP contribution in [0.15, 0.2) is 57.9 Å². The molecule has 1 aromatic heterocycles. The average molecular weight is 479 g/mol. The molecule has 0 unspecified atom stereocenters. The monoisotopic (exact) mass is 478 g/mol. The number of benzene rings is 2. The molecule has 4 rings (SSSR count). The Kier molecular flexibility index (Phi) is 6.54. The molecule has 1 amide bonds. The smallest absolute Gasteiger partial charge is 0.246 e. The van der Waals surface area contributed by atoms with Crippen molar-refractivity contribution in [2.45, 2.75) is 24.3 Å². The van der Waals surface area contributed by atoms with Crippen molar-refractivity contribution in [2.75, 3.05) is 13.1 Å². The van der Waals surface area contributed by atoms with Crippen molar-refractivity contribution in [2.24, 2.45) is 5.92 Å². The Morgan fingerprint density at radius 3 is 2.59 bits per heavy atom. The third-order valence-electron chi connectivity index (χ3n) is 5.24. The number of nitrogens with one attached hydrogen (secondary N) is 1. The Morgan fingerprint density at radius 2 is 1.91 bits per heavy atom. The molecule has 0 atom stereocenters. The van der Waals surface area contributed by atoms with Crippen LogP contribution in [0.25, 0.3) is 11.4 Å². The zero-order valence-corrected chi connectivity index (χ0v) is 18.4. The molecule has 1 N–H and O–H groups in total. The van der Waals surface area contributed by atoms with Gasteiger partial charge in [-0.15, -0.1) is 0 Å². The van der Waals surface area contributed by atoms with E-state index >= 15 is 0 Å². The maximum absolute atomic E-state index is 13.1. The fourth-order valence-electron chi connectivity index (χ4n) is 3.49. The van der Waals surface area contributed by atoms with E-state index in [1.54, 1.807) is 24.3 Å². The van der Waals surface area contributed by atoms with Crippen molar-refractivity contribution in [1.82, 2.24) is 19.8 Å². The van der Waals surface area contributed by atoms with Crippen LogP contribution in [-0.4, -0.2) is 41.9 Å². The number of halogens is 2. The van der Waals surface area contributed by atoms with E-state index in [0.717, 1.165) is 12.1 Å². The molecule has 0 radical (unpaired) electrons. The maximum atomic E-state index is 13.1. The minimum Gasteiger partial charge on any atom is -0.347 e. The second-order valence-corrected chi connectivity index (χ2v) is 9.75. The standard InChI is InChI=1S/C21H20ClFN4O4S/c22-16-3-1-2-15(12-16)20-25-19(31-26-20)13-24-21(28)14-8-10-27(11-9-14)32(29,30)18-6-4-17(23)5-7-18/h1-7,12,14H,8-11,13H2,(H,24,28). The van der Waals surface area contributed by atoms with Crippen LogP contribution in [-0.2, 0) is 21.4 Å². The van der Waals surface area contributed by atoms with Gasteiger partial charge in [0.2, 0.25) is 27.6 Å². The Morgan fingerprint density at radius 1 is 1.19 bits per heavy atom. The molecule has 11 heteroatoms. The van der Waals surface area contributed by atoms with Crippen molar-refractivity contribution in [3.8, 4) is 11.4 Å². The van der Waals surface area contributed by atoms with Crippen molar-refractivity contribution in [1.29, 1.82) is 0 Å². The Bertz CT molecular complexity index is 1210. The van der Waals surface area contributed by atoms with Gasteiger partial charge in [-0.05, 0) is 49.2 Å². The van der Waals surface area contributed by atoms with Gasteiger partial charge in [0.1, 0.15) is 5.82 Å². The molecule has 1 aliphatic rings. The summed E-state index contributed by atoms with van der Waals surface area (Å²) in [6.45, 7) is 0.481. The number of amides is 1. The highest BCUT2D eigenvalue weighted by Gasteiger charge is 2.32.